The van der Waals surface area contributed by atoms with Gasteiger partial charge in [0.25, 0.3) is 11.7 Å². The SMILES string of the molecule is CCOc1ccc(/C(O)=C2/C(=O)C(=O)N(c3ccc(N(CC)CC)cc3)C2c2cccc(O)c2)cc1C(C)(C)C. The number of ketones is 1. The van der Waals surface area contributed by atoms with E-state index < -0.39 is 17.7 Å². The van der Waals surface area contributed by atoms with E-state index in [1.54, 1.807) is 24.3 Å². The van der Waals surface area contributed by atoms with Gasteiger partial charge in [0, 0.05) is 35.6 Å². The molecule has 3 aromatic carbocycles. The highest BCUT2D eigenvalue weighted by Gasteiger charge is 2.47. The number of nitrogens with zero attached hydrogens (tertiary/aromatic N) is 2. The molecule has 0 aliphatic carbocycles. The van der Waals surface area contributed by atoms with Gasteiger partial charge < -0.3 is 19.8 Å². The molecule has 0 aromatic heterocycles. The van der Waals surface area contributed by atoms with Crippen LogP contribution in [0.2, 0.25) is 0 Å². The van der Waals surface area contributed by atoms with Crippen molar-refractivity contribution >= 4 is 28.8 Å². The van der Waals surface area contributed by atoms with Crippen LogP contribution < -0.4 is 14.5 Å². The van der Waals surface area contributed by atoms with Gasteiger partial charge in [0.05, 0.1) is 18.2 Å². The van der Waals surface area contributed by atoms with Gasteiger partial charge in [-0.15, -0.1) is 0 Å². The predicted octanol–water partition coefficient (Wildman–Crippen LogP) is 6.56. The van der Waals surface area contributed by atoms with E-state index in [0.29, 0.717) is 29.2 Å². The summed E-state index contributed by atoms with van der Waals surface area (Å²) in [6, 6.07) is 18.2. The number of carbonyl (C=O) groups excluding carboxylic acids is 2. The Balaban J connectivity index is 1.90. The summed E-state index contributed by atoms with van der Waals surface area (Å²) < 4.78 is 5.82. The van der Waals surface area contributed by atoms with Crippen LogP contribution in [0.15, 0.2) is 72.3 Å². The third kappa shape index (κ3) is 5.41. The second kappa shape index (κ2) is 11.5. The molecule has 7 nitrogen and oxygen atoms in total. The maximum absolute atomic E-state index is 13.6. The lowest BCUT2D eigenvalue weighted by atomic mass is 9.84. The number of ether oxygens (including phenoxy) is 1. The molecule has 1 amide bonds. The van der Waals surface area contributed by atoms with Crippen molar-refractivity contribution in [3.63, 3.8) is 0 Å². The highest BCUT2D eigenvalue weighted by Crippen LogP contribution is 2.44. The summed E-state index contributed by atoms with van der Waals surface area (Å²) in [5, 5.41) is 21.9. The summed E-state index contributed by atoms with van der Waals surface area (Å²) in [6.07, 6.45) is 0. The molecule has 1 aliphatic rings. The van der Waals surface area contributed by atoms with Crippen LogP contribution in [-0.2, 0) is 15.0 Å². The number of aliphatic hydroxyl groups excluding tert-OH is 1. The van der Waals surface area contributed by atoms with Crippen molar-refractivity contribution in [1.82, 2.24) is 0 Å². The van der Waals surface area contributed by atoms with Gasteiger partial charge in [0.2, 0.25) is 0 Å². The van der Waals surface area contributed by atoms with Gasteiger partial charge in [0.15, 0.2) is 0 Å². The molecule has 7 heteroatoms. The summed E-state index contributed by atoms with van der Waals surface area (Å²) in [7, 11) is 0. The summed E-state index contributed by atoms with van der Waals surface area (Å²) in [5.41, 5.74) is 2.98. The molecular formula is C33H38N2O5. The fraction of sp³-hybridized carbons (Fsp3) is 0.333. The van der Waals surface area contributed by atoms with Crippen molar-refractivity contribution in [3.05, 3.63) is 89.0 Å². The fourth-order valence-electron chi connectivity index (χ4n) is 5.22. The number of aromatic hydroxyl groups is 1. The number of benzene rings is 3. The quantitative estimate of drug-likeness (QED) is 0.190. The predicted molar refractivity (Wildman–Crippen MR) is 159 cm³/mol. The van der Waals surface area contributed by atoms with Crippen molar-refractivity contribution in [1.29, 1.82) is 0 Å². The van der Waals surface area contributed by atoms with Crippen molar-refractivity contribution in [2.45, 2.75) is 53.0 Å². The third-order valence-electron chi connectivity index (χ3n) is 7.25. The molecule has 1 heterocycles. The first-order chi connectivity index (χ1) is 19.0. The molecule has 0 spiro atoms. The van der Waals surface area contributed by atoms with Gasteiger partial charge in [-0.1, -0.05) is 32.9 Å². The first-order valence-electron chi connectivity index (χ1n) is 13.7. The van der Waals surface area contributed by atoms with E-state index in [9.17, 15) is 19.8 Å². The monoisotopic (exact) mass is 542 g/mol. The summed E-state index contributed by atoms with van der Waals surface area (Å²) in [5.74, 6) is -1.11. The minimum atomic E-state index is -0.934. The Labute approximate surface area is 236 Å². The van der Waals surface area contributed by atoms with Crippen LogP contribution in [0.4, 0.5) is 11.4 Å². The molecule has 0 saturated carbocycles. The third-order valence-corrected chi connectivity index (χ3v) is 7.25. The molecule has 4 rings (SSSR count). The first kappa shape index (κ1) is 28.7. The number of phenolic OH excluding ortho intramolecular Hbond substituents is 1. The fourth-order valence-corrected chi connectivity index (χ4v) is 5.22. The number of aliphatic hydroxyl groups is 1. The second-order valence-corrected chi connectivity index (χ2v) is 10.8. The molecule has 0 bridgehead atoms. The van der Waals surface area contributed by atoms with E-state index >= 15 is 0 Å². The molecule has 40 heavy (non-hydrogen) atoms. The van der Waals surface area contributed by atoms with E-state index in [1.165, 1.54) is 17.0 Å². The highest BCUT2D eigenvalue weighted by molar-refractivity contribution is 6.51. The molecular weight excluding hydrogens is 504 g/mol. The molecule has 3 aromatic rings. The Kier molecular flexibility index (Phi) is 8.24. The smallest absolute Gasteiger partial charge is 0.300 e. The van der Waals surface area contributed by atoms with Crippen LogP contribution in [0.25, 0.3) is 5.76 Å². The topological polar surface area (TPSA) is 90.3 Å². The van der Waals surface area contributed by atoms with Crippen LogP contribution in [0.1, 0.15) is 64.3 Å². The molecule has 2 N–H and O–H groups in total. The Morgan fingerprint density at radius 1 is 0.950 bits per heavy atom. The maximum Gasteiger partial charge on any atom is 0.300 e. The van der Waals surface area contributed by atoms with Crippen LogP contribution in [0, 0.1) is 0 Å². The molecule has 1 aliphatic heterocycles. The van der Waals surface area contributed by atoms with E-state index in [-0.39, 0.29) is 22.5 Å². The van der Waals surface area contributed by atoms with Gasteiger partial charge >= 0.3 is 0 Å². The van der Waals surface area contributed by atoms with Gasteiger partial charge in [-0.3, -0.25) is 14.5 Å². The lowest BCUT2D eigenvalue weighted by Crippen LogP contribution is -2.29. The average Bonchev–Trinajstić information content (AvgIpc) is 3.19. The zero-order valence-electron chi connectivity index (χ0n) is 24.1. The molecule has 1 unspecified atom stereocenters. The van der Waals surface area contributed by atoms with Crippen LogP contribution in [0.3, 0.4) is 0 Å². The summed E-state index contributed by atoms with van der Waals surface area (Å²) in [6.45, 7) is 14.3. The van der Waals surface area contributed by atoms with Gasteiger partial charge in [-0.05, 0) is 86.3 Å². The number of phenols is 1. The van der Waals surface area contributed by atoms with Crippen LogP contribution in [0.5, 0.6) is 11.5 Å². The standard InChI is InChI=1S/C33H38N2O5/c1-7-34(8-2)23-14-16-24(17-15-23)35-29(21-11-10-12-25(36)19-21)28(31(38)32(35)39)30(37)22-13-18-27(40-9-3)26(20-22)33(4,5)6/h10-20,29,36-37H,7-9H2,1-6H3/b30-28-. The van der Waals surface area contributed by atoms with E-state index in [2.05, 4.69) is 18.7 Å². The Morgan fingerprint density at radius 3 is 2.20 bits per heavy atom. The van der Waals surface area contributed by atoms with Crippen molar-refractivity contribution in [3.8, 4) is 11.5 Å². The van der Waals surface area contributed by atoms with E-state index in [1.807, 2.05) is 58.0 Å². The minimum Gasteiger partial charge on any atom is -0.508 e. The zero-order valence-corrected chi connectivity index (χ0v) is 24.1. The van der Waals surface area contributed by atoms with Gasteiger partial charge in [-0.25, -0.2) is 0 Å². The number of carbonyl (C=O) groups is 2. The molecule has 0 radical (unpaired) electrons. The van der Waals surface area contributed by atoms with Gasteiger partial charge in [-0.2, -0.15) is 0 Å². The Bertz CT molecular complexity index is 1430. The van der Waals surface area contributed by atoms with Crippen LogP contribution >= 0.6 is 0 Å². The number of rotatable bonds is 8. The summed E-state index contributed by atoms with van der Waals surface area (Å²) >= 11 is 0. The molecule has 1 atom stereocenters. The number of hydrogen-bond donors (Lipinski definition) is 2. The number of amides is 1. The van der Waals surface area contributed by atoms with Crippen molar-refractivity contribution in [2.75, 3.05) is 29.5 Å². The molecule has 210 valence electrons. The number of anilines is 2. The molecule has 1 fully saturated rings. The number of hydrogen-bond acceptors (Lipinski definition) is 6. The van der Waals surface area contributed by atoms with Crippen molar-refractivity contribution < 1.29 is 24.5 Å². The Hall–Kier alpha value is -4.26. The second-order valence-electron chi connectivity index (χ2n) is 10.8. The number of Topliss-reactive ketones (excluding diaryl/α,β-unsaturated/α-hetero) is 1. The highest BCUT2D eigenvalue weighted by atomic mass is 16.5. The zero-order chi connectivity index (χ0) is 29.2. The van der Waals surface area contributed by atoms with E-state index in [0.717, 1.165) is 24.3 Å². The van der Waals surface area contributed by atoms with Crippen molar-refractivity contribution in [2.24, 2.45) is 0 Å². The lowest BCUT2D eigenvalue weighted by molar-refractivity contribution is -0.132. The normalized spacial score (nSPS) is 16.9. The first-order valence-corrected chi connectivity index (χ1v) is 13.7. The van der Waals surface area contributed by atoms with Gasteiger partial charge in [0.1, 0.15) is 17.3 Å². The largest absolute Gasteiger partial charge is 0.508 e. The maximum atomic E-state index is 13.6. The lowest BCUT2D eigenvalue weighted by Gasteiger charge is -2.27. The average molecular weight is 543 g/mol. The molecule has 1 saturated heterocycles. The summed E-state index contributed by atoms with van der Waals surface area (Å²) in [4.78, 5) is 30.7. The van der Waals surface area contributed by atoms with Crippen LogP contribution in [-0.4, -0.2) is 41.6 Å². The Morgan fingerprint density at radius 2 is 1.62 bits per heavy atom. The minimum absolute atomic E-state index is 0.00365. The van der Waals surface area contributed by atoms with E-state index in [4.69, 9.17) is 4.74 Å².